The van der Waals surface area contributed by atoms with E-state index in [0.717, 1.165) is 29.4 Å². The Bertz CT molecular complexity index is 1650. The number of rotatable bonds is 2. The summed E-state index contributed by atoms with van der Waals surface area (Å²) in [6, 6.07) is 20.9. The molecule has 0 aliphatic carbocycles. The van der Waals surface area contributed by atoms with E-state index in [9.17, 15) is 30.3 Å². The van der Waals surface area contributed by atoms with Crippen molar-refractivity contribution in [3.63, 3.8) is 0 Å². The van der Waals surface area contributed by atoms with Crippen LogP contribution in [0.2, 0.25) is 0 Å². The molecule has 1 aliphatic heterocycles. The highest BCUT2D eigenvalue weighted by atomic mass is 16.5. The Hall–Kier alpha value is -5.11. The van der Waals surface area contributed by atoms with Crippen LogP contribution in [0.4, 0.5) is 0 Å². The average Bonchev–Trinajstić information content (AvgIpc) is 2.90. The summed E-state index contributed by atoms with van der Waals surface area (Å²) in [5.41, 5.74) is 2.79. The minimum atomic E-state index is -0.408. The van der Waals surface area contributed by atoms with Crippen molar-refractivity contribution in [1.82, 2.24) is 0 Å². The number of benzene rings is 4. The molecule has 0 saturated heterocycles. The molecule has 0 bridgehead atoms. The van der Waals surface area contributed by atoms with Crippen molar-refractivity contribution < 1.29 is 34.7 Å². The molecular formula is C30H24O8. The van der Waals surface area contributed by atoms with Gasteiger partial charge in [-0.3, -0.25) is 4.79 Å². The van der Waals surface area contributed by atoms with Crippen LogP contribution in [-0.4, -0.2) is 32.1 Å². The van der Waals surface area contributed by atoms with Crippen molar-refractivity contribution in [3.8, 4) is 45.6 Å². The van der Waals surface area contributed by atoms with Gasteiger partial charge in [-0.25, -0.2) is 0 Å². The van der Waals surface area contributed by atoms with Crippen LogP contribution < -0.4 is 10.2 Å². The predicted octanol–water partition coefficient (Wildman–Crippen LogP) is 5.39. The Labute approximate surface area is 216 Å². The van der Waals surface area contributed by atoms with Crippen LogP contribution in [0.3, 0.4) is 0 Å². The summed E-state index contributed by atoms with van der Waals surface area (Å²) < 4.78 is 11.0. The molecule has 6 rings (SSSR count). The van der Waals surface area contributed by atoms with E-state index in [0.29, 0.717) is 18.1 Å². The topological polar surface area (TPSA) is 141 Å². The van der Waals surface area contributed by atoms with Crippen LogP contribution in [0.5, 0.6) is 34.5 Å². The highest BCUT2D eigenvalue weighted by Crippen LogP contribution is 2.35. The number of phenolic OH excluding ortho intramolecular Hbond substituents is 5. The van der Waals surface area contributed by atoms with Crippen molar-refractivity contribution in [2.75, 3.05) is 6.61 Å². The number of phenols is 5. The second-order valence-electron chi connectivity index (χ2n) is 8.96. The maximum atomic E-state index is 12.4. The number of ether oxygens (including phenoxy) is 1. The molecule has 38 heavy (non-hydrogen) atoms. The van der Waals surface area contributed by atoms with Crippen LogP contribution in [0.1, 0.15) is 17.0 Å². The van der Waals surface area contributed by atoms with E-state index in [-0.39, 0.29) is 45.3 Å². The summed E-state index contributed by atoms with van der Waals surface area (Å²) >= 11 is 0. The molecule has 0 spiro atoms. The molecule has 1 aromatic heterocycles. The number of aromatic hydroxyl groups is 5. The van der Waals surface area contributed by atoms with E-state index in [1.807, 2.05) is 18.2 Å². The first-order chi connectivity index (χ1) is 18.3. The number of hydrogen-bond donors (Lipinski definition) is 5. The minimum Gasteiger partial charge on any atom is -0.508 e. The number of hydrogen-bond acceptors (Lipinski definition) is 8. The smallest absolute Gasteiger partial charge is 0.204 e. The van der Waals surface area contributed by atoms with Crippen LogP contribution in [0, 0.1) is 0 Å². The standard InChI is InChI=1S/C15H10O5.C15H14O3/c16-9-3-1-8(2-4-9)11-7-20-13-6-10(17)5-12(18)14(13)15(11)19;16-13-4-1-10(2-5-13)12-7-11-3-6-14(17)8-15(11)18-9-12/h1-7,16-18H;1-6,8,12,16-17H,7,9H2/t;12-/m.1/s1. The van der Waals surface area contributed by atoms with Crippen molar-refractivity contribution in [2.45, 2.75) is 12.3 Å². The predicted molar refractivity (Wildman–Crippen MR) is 141 cm³/mol. The highest BCUT2D eigenvalue weighted by Gasteiger charge is 2.21. The average molecular weight is 513 g/mol. The molecule has 8 nitrogen and oxygen atoms in total. The molecule has 0 fully saturated rings. The normalized spacial score (nSPS) is 14.2. The monoisotopic (exact) mass is 512 g/mol. The van der Waals surface area contributed by atoms with E-state index in [1.165, 1.54) is 24.5 Å². The lowest BCUT2D eigenvalue weighted by molar-refractivity contribution is 0.261. The summed E-state index contributed by atoms with van der Waals surface area (Å²) in [4.78, 5) is 12.4. The van der Waals surface area contributed by atoms with Crippen LogP contribution in [0.15, 0.2) is 94.3 Å². The molecule has 0 unspecified atom stereocenters. The molecule has 2 heterocycles. The van der Waals surface area contributed by atoms with Gasteiger partial charge in [0.05, 0.1) is 12.2 Å². The minimum absolute atomic E-state index is 0.00775. The largest absolute Gasteiger partial charge is 0.508 e. The van der Waals surface area contributed by atoms with Gasteiger partial charge in [0.25, 0.3) is 0 Å². The maximum absolute atomic E-state index is 12.4. The Balaban J connectivity index is 0.000000156. The van der Waals surface area contributed by atoms with Crippen molar-refractivity contribution in [2.24, 2.45) is 0 Å². The lowest BCUT2D eigenvalue weighted by Gasteiger charge is -2.25. The van der Waals surface area contributed by atoms with Gasteiger partial charge in [0.1, 0.15) is 51.7 Å². The lowest BCUT2D eigenvalue weighted by atomic mass is 9.90. The summed E-state index contributed by atoms with van der Waals surface area (Å²) in [6.07, 6.45) is 2.15. The first-order valence-electron chi connectivity index (χ1n) is 11.8. The zero-order valence-electron chi connectivity index (χ0n) is 20.0. The van der Waals surface area contributed by atoms with Gasteiger partial charge in [-0.2, -0.15) is 0 Å². The molecule has 5 aromatic rings. The molecule has 1 aliphatic rings. The van der Waals surface area contributed by atoms with Crippen LogP contribution in [-0.2, 0) is 6.42 Å². The molecule has 0 amide bonds. The summed E-state index contributed by atoms with van der Waals surface area (Å²) in [5, 5.41) is 47.1. The van der Waals surface area contributed by atoms with Gasteiger partial charge in [-0.05, 0) is 53.4 Å². The van der Waals surface area contributed by atoms with Crippen LogP contribution >= 0.6 is 0 Å². The van der Waals surface area contributed by atoms with E-state index in [4.69, 9.17) is 9.15 Å². The van der Waals surface area contributed by atoms with Gasteiger partial charge in [0, 0.05) is 24.1 Å². The Morgan fingerprint density at radius 1 is 0.711 bits per heavy atom. The second kappa shape index (κ2) is 10.1. The third-order valence-corrected chi connectivity index (χ3v) is 6.34. The molecule has 192 valence electrons. The quantitative estimate of drug-likeness (QED) is 0.212. The molecule has 8 heteroatoms. The lowest BCUT2D eigenvalue weighted by Crippen LogP contribution is -2.18. The Morgan fingerprint density at radius 2 is 1.37 bits per heavy atom. The first kappa shape index (κ1) is 24.6. The molecule has 0 radical (unpaired) electrons. The van der Waals surface area contributed by atoms with Crippen molar-refractivity contribution >= 4 is 11.0 Å². The fourth-order valence-corrected chi connectivity index (χ4v) is 4.38. The zero-order chi connectivity index (χ0) is 26.8. The number of fused-ring (bicyclic) bond motifs is 2. The zero-order valence-corrected chi connectivity index (χ0v) is 20.0. The third-order valence-electron chi connectivity index (χ3n) is 6.34. The van der Waals surface area contributed by atoms with Gasteiger partial charge in [-0.15, -0.1) is 0 Å². The van der Waals surface area contributed by atoms with Crippen LogP contribution in [0.25, 0.3) is 22.1 Å². The second-order valence-corrected chi connectivity index (χ2v) is 8.96. The maximum Gasteiger partial charge on any atom is 0.204 e. The SMILES string of the molecule is O=c1c(-c2ccc(O)cc2)coc2cc(O)cc(O)c12.Oc1ccc([C@H]2COc3cc(O)ccc3C2)cc1. The summed E-state index contributed by atoms with van der Waals surface area (Å²) in [6.45, 7) is 0.598. The van der Waals surface area contributed by atoms with Gasteiger partial charge in [0.2, 0.25) is 5.43 Å². The van der Waals surface area contributed by atoms with E-state index in [1.54, 1.807) is 36.4 Å². The molecular weight excluding hydrogens is 488 g/mol. The Kier molecular flexibility index (Phi) is 6.53. The van der Waals surface area contributed by atoms with Gasteiger partial charge in [-0.1, -0.05) is 30.3 Å². The van der Waals surface area contributed by atoms with Gasteiger partial charge >= 0.3 is 0 Å². The molecule has 1 atom stereocenters. The molecule has 5 N–H and O–H groups in total. The van der Waals surface area contributed by atoms with Crippen molar-refractivity contribution in [3.05, 3.63) is 106 Å². The summed E-state index contributed by atoms with van der Waals surface area (Å²) in [7, 11) is 0. The molecule has 4 aromatic carbocycles. The summed E-state index contributed by atoms with van der Waals surface area (Å²) in [5.74, 6) is 1.14. The fraction of sp³-hybridized carbons (Fsp3) is 0.100. The molecule has 0 saturated carbocycles. The van der Waals surface area contributed by atoms with Crippen molar-refractivity contribution in [1.29, 1.82) is 0 Å². The van der Waals surface area contributed by atoms with Gasteiger partial charge in [0.15, 0.2) is 0 Å². The Morgan fingerprint density at radius 3 is 2.08 bits per heavy atom. The van der Waals surface area contributed by atoms with E-state index < -0.39 is 5.43 Å². The highest BCUT2D eigenvalue weighted by molar-refractivity contribution is 5.88. The fourth-order valence-electron chi connectivity index (χ4n) is 4.38. The first-order valence-corrected chi connectivity index (χ1v) is 11.8. The van der Waals surface area contributed by atoms with Gasteiger partial charge < -0.3 is 34.7 Å². The third kappa shape index (κ3) is 5.05. The van der Waals surface area contributed by atoms with E-state index >= 15 is 0 Å². The van der Waals surface area contributed by atoms with E-state index in [2.05, 4.69) is 0 Å².